The van der Waals surface area contributed by atoms with Crippen molar-refractivity contribution in [1.82, 2.24) is 14.2 Å². The first-order chi connectivity index (χ1) is 17.1. The molecule has 2 heterocycles. The van der Waals surface area contributed by atoms with Gasteiger partial charge in [0.05, 0.1) is 12.7 Å². The third-order valence-electron chi connectivity index (χ3n) is 5.30. The first kappa shape index (κ1) is 27.7. The van der Waals surface area contributed by atoms with Crippen LogP contribution in [-0.2, 0) is 18.6 Å². The molecule has 1 aromatic rings. The van der Waals surface area contributed by atoms with E-state index in [4.69, 9.17) is 21.6 Å². The lowest BCUT2D eigenvalue weighted by Gasteiger charge is -2.37. The SMILES string of the molecule is [2H]CC1OC(n2ccc(NC(C)=O)nc2=O)C(F)C1OP(OCCCCCC#C)N(C(C)C)C(C)C. The topological polar surface area (TPSA) is 94.9 Å². The standard InChI is InChI=1S/C24H38FN4O5P/c1-8-9-10-11-12-15-32-35(29(16(2)3)17(4)5)34-22-18(6)33-23(21(22)25)28-14-13-20(26-19(7)30)27-24(28)31/h1,13-14,16-18,21-23H,9-12,15H2,2-7H3,(H,26,27,30,31)/i6D. The summed E-state index contributed by atoms with van der Waals surface area (Å²) in [5, 5.41) is 2.42. The Morgan fingerprint density at radius 3 is 2.69 bits per heavy atom. The Balaban J connectivity index is 2.21. The molecule has 1 aliphatic heterocycles. The zero-order valence-corrected chi connectivity index (χ0v) is 22.0. The van der Waals surface area contributed by atoms with E-state index in [0.29, 0.717) is 13.0 Å². The summed E-state index contributed by atoms with van der Waals surface area (Å²) in [4.78, 5) is 27.5. The highest BCUT2D eigenvalue weighted by Crippen LogP contribution is 2.50. The molecule has 0 radical (unpaired) electrons. The number of rotatable bonds is 13. The van der Waals surface area contributed by atoms with Crippen molar-refractivity contribution in [3.63, 3.8) is 0 Å². The zero-order chi connectivity index (χ0) is 26.8. The normalized spacial score (nSPS) is 23.5. The number of aromatic nitrogens is 2. The Bertz CT molecular complexity index is 936. The van der Waals surface area contributed by atoms with Gasteiger partial charge in [-0.2, -0.15) is 4.98 Å². The van der Waals surface area contributed by atoms with E-state index in [1.165, 1.54) is 19.2 Å². The van der Waals surface area contributed by atoms with Crippen LogP contribution in [0.15, 0.2) is 17.1 Å². The number of ether oxygens (including phenoxy) is 1. The van der Waals surface area contributed by atoms with E-state index < -0.39 is 38.8 Å². The van der Waals surface area contributed by atoms with E-state index in [0.717, 1.165) is 23.8 Å². The van der Waals surface area contributed by atoms with Gasteiger partial charge in [-0.05, 0) is 53.5 Å². The van der Waals surface area contributed by atoms with Crippen molar-refractivity contribution in [1.29, 1.82) is 0 Å². The number of alkyl halides is 1. The predicted molar refractivity (Wildman–Crippen MR) is 134 cm³/mol. The summed E-state index contributed by atoms with van der Waals surface area (Å²) < 4.78 is 44.8. The van der Waals surface area contributed by atoms with E-state index in [1.54, 1.807) is 0 Å². The lowest BCUT2D eigenvalue weighted by Crippen LogP contribution is -2.38. The zero-order valence-electron chi connectivity index (χ0n) is 22.1. The first-order valence-corrected chi connectivity index (χ1v) is 13.0. The molecule has 1 aliphatic rings. The largest absolute Gasteiger partial charge is 0.351 e. The minimum Gasteiger partial charge on any atom is -0.349 e. The molecule has 0 aromatic carbocycles. The Labute approximate surface area is 210 Å². The number of unbranched alkanes of at least 4 members (excludes halogenated alkanes) is 3. The Morgan fingerprint density at radius 2 is 2.11 bits per heavy atom. The fourth-order valence-electron chi connectivity index (χ4n) is 3.78. The van der Waals surface area contributed by atoms with Crippen molar-refractivity contribution in [2.75, 3.05) is 11.9 Å². The number of anilines is 1. The monoisotopic (exact) mass is 513 g/mol. The molecule has 5 atom stereocenters. The molecule has 1 saturated heterocycles. The van der Waals surface area contributed by atoms with Crippen molar-refractivity contribution in [3.8, 4) is 12.3 Å². The van der Waals surface area contributed by atoms with Gasteiger partial charge in [-0.15, -0.1) is 12.3 Å². The second kappa shape index (κ2) is 14.0. The molecule has 2 rings (SSSR count). The van der Waals surface area contributed by atoms with E-state index >= 15 is 4.39 Å². The lowest BCUT2D eigenvalue weighted by molar-refractivity contribution is -0.114. The number of carbonyl (C=O) groups is 1. The number of nitrogens with one attached hydrogen (secondary N) is 1. The number of hydrogen-bond donors (Lipinski definition) is 1. The van der Waals surface area contributed by atoms with Crippen LogP contribution in [0.3, 0.4) is 0 Å². The molecule has 1 amide bonds. The molecule has 35 heavy (non-hydrogen) atoms. The maximum atomic E-state index is 15.7. The molecule has 9 nitrogen and oxygen atoms in total. The average Bonchev–Trinajstić information content (AvgIpc) is 3.10. The van der Waals surface area contributed by atoms with Gasteiger partial charge in [0.25, 0.3) is 8.53 Å². The number of terminal acetylenes is 1. The first-order valence-electron chi connectivity index (χ1n) is 12.6. The summed E-state index contributed by atoms with van der Waals surface area (Å²) in [5.74, 6) is 2.30. The highest BCUT2D eigenvalue weighted by atomic mass is 31.2. The van der Waals surface area contributed by atoms with Gasteiger partial charge >= 0.3 is 5.69 Å². The number of amides is 1. The number of hydrogen-bond acceptors (Lipinski definition) is 7. The third-order valence-corrected chi connectivity index (χ3v) is 7.43. The summed E-state index contributed by atoms with van der Waals surface area (Å²) in [6.07, 6.45) is 4.88. The van der Waals surface area contributed by atoms with Gasteiger partial charge in [0.1, 0.15) is 11.9 Å². The van der Waals surface area contributed by atoms with E-state index in [-0.39, 0.29) is 30.7 Å². The lowest BCUT2D eigenvalue weighted by atomic mass is 10.2. The van der Waals surface area contributed by atoms with Crippen LogP contribution in [0.5, 0.6) is 0 Å². The molecule has 0 bridgehead atoms. The van der Waals surface area contributed by atoms with Gasteiger partial charge in [0.15, 0.2) is 12.4 Å². The van der Waals surface area contributed by atoms with Crippen LogP contribution in [0, 0.1) is 12.3 Å². The highest BCUT2D eigenvalue weighted by molar-refractivity contribution is 7.44. The summed E-state index contributed by atoms with van der Waals surface area (Å²) >= 11 is 0. The minimum atomic E-state index is -1.74. The van der Waals surface area contributed by atoms with Gasteiger partial charge in [-0.3, -0.25) is 9.36 Å². The van der Waals surface area contributed by atoms with Crippen LogP contribution in [-0.4, -0.2) is 57.2 Å². The summed E-state index contributed by atoms with van der Waals surface area (Å²) in [5.41, 5.74) is -0.783. The van der Waals surface area contributed by atoms with Gasteiger partial charge in [0, 0.05) is 33.0 Å². The summed E-state index contributed by atoms with van der Waals surface area (Å²) in [6.45, 7) is 9.52. The maximum Gasteiger partial charge on any atom is 0.351 e. The second-order valence-corrected chi connectivity index (χ2v) is 10.3. The average molecular weight is 514 g/mol. The van der Waals surface area contributed by atoms with E-state index in [1.807, 2.05) is 32.4 Å². The van der Waals surface area contributed by atoms with Gasteiger partial charge in [-0.1, -0.05) is 6.42 Å². The van der Waals surface area contributed by atoms with Crippen LogP contribution in [0.4, 0.5) is 10.2 Å². The molecule has 0 saturated carbocycles. The van der Waals surface area contributed by atoms with Crippen molar-refractivity contribution in [2.45, 2.75) is 104 Å². The van der Waals surface area contributed by atoms with Gasteiger partial charge < -0.3 is 19.1 Å². The number of halogens is 1. The summed E-state index contributed by atoms with van der Waals surface area (Å²) in [6, 6.07) is 1.52. The molecule has 196 valence electrons. The fourth-order valence-corrected chi connectivity index (χ4v) is 5.58. The van der Waals surface area contributed by atoms with Crippen molar-refractivity contribution in [2.24, 2.45) is 0 Å². The van der Waals surface area contributed by atoms with Crippen LogP contribution in [0.25, 0.3) is 0 Å². The molecule has 5 unspecified atom stereocenters. The number of carbonyl (C=O) groups excluding carboxylic acids is 1. The van der Waals surface area contributed by atoms with Gasteiger partial charge in [-0.25, -0.2) is 13.9 Å². The van der Waals surface area contributed by atoms with E-state index in [9.17, 15) is 9.59 Å². The van der Waals surface area contributed by atoms with Crippen molar-refractivity contribution in [3.05, 3.63) is 22.7 Å². The molecule has 1 fully saturated rings. The number of nitrogens with zero attached hydrogens (tertiary/aromatic N) is 3. The quantitative estimate of drug-likeness (QED) is 0.237. The maximum absolute atomic E-state index is 15.7. The Kier molecular flexibility index (Phi) is 11.1. The molecular weight excluding hydrogens is 474 g/mol. The molecule has 0 aliphatic carbocycles. The van der Waals surface area contributed by atoms with Crippen LogP contribution >= 0.6 is 8.53 Å². The fraction of sp³-hybridized carbons (Fsp3) is 0.708. The molecule has 1 N–H and O–H groups in total. The predicted octanol–water partition coefficient (Wildman–Crippen LogP) is 4.40. The van der Waals surface area contributed by atoms with Gasteiger partial charge in [0.2, 0.25) is 5.91 Å². The minimum absolute atomic E-state index is 0.0608. The molecule has 11 heteroatoms. The van der Waals surface area contributed by atoms with Crippen LogP contribution < -0.4 is 11.0 Å². The van der Waals surface area contributed by atoms with Crippen molar-refractivity contribution >= 4 is 20.3 Å². The Morgan fingerprint density at radius 1 is 1.40 bits per heavy atom. The molecule has 0 spiro atoms. The Hall–Kier alpha value is -1.89. The highest BCUT2D eigenvalue weighted by Gasteiger charge is 2.47. The van der Waals surface area contributed by atoms with E-state index in [2.05, 4.69) is 16.2 Å². The summed E-state index contributed by atoms with van der Waals surface area (Å²) in [7, 11) is -1.67. The smallest absolute Gasteiger partial charge is 0.349 e. The van der Waals surface area contributed by atoms with Crippen molar-refractivity contribution < 1.29 is 24.3 Å². The van der Waals surface area contributed by atoms with Crippen LogP contribution in [0.1, 0.15) is 74.8 Å². The third kappa shape index (κ3) is 8.33. The molecule has 1 aromatic heterocycles. The second-order valence-electron chi connectivity index (χ2n) is 8.92. The molecular formula is C24H38FN4O5P. The van der Waals surface area contributed by atoms with Crippen LogP contribution in [0.2, 0.25) is 0 Å².